The number of aryl methyl sites for hydroxylation is 1. The topological polar surface area (TPSA) is 122 Å². The fraction of sp³-hybridized carbons (Fsp3) is 0.286. The van der Waals surface area contributed by atoms with E-state index in [1.165, 1.54) is 6.07 Å². The van der Waals surface area contributed by atoms with Crippen LogP contribution in [0.1, 0.15) is 31.1 Å². The van der Waals surface area contributed by atoms with Gasteiger partial charge in [-0.15, -0.1) is 10.2 Å². The molecule has 24 heavy (non-hydrogen) atoms. The molecule has 1 amide bonds. The van der Waals surface area contributed by atoms with E-state index >= 15 is 0 Å². The van der Waals surface area contributed by atoms with Crippen LogP contribution < -0.4 is 5.32 Å². The Balaban J connectivity index is 1.56. The van der Waals surface area contributed by atoms with Gasteiger partial charge in [0, 0.05) is 12.8 Å². The van der Waals surface area contributed by atoms with Gasteiger partial charge in [-0.2, -0.15) is 10.2 Å². The molecule has 0 saturated carbocycles. The Bertz CT molecular complexity index is 818. The Morgan fingerprint density at radius 3 is 3.00 bits per heavy atom. The summed E-state index contributed by atoms with van der Waals surface area (Å²) in [6, 6.07) is 5.77. The molecule has 1 unspecified atom stereocenters. The molecule has 0 aliphatic heterocycles. The number of H-pyrrole nitrogens is 1. The Kier molecular flexibility index (Phi) is 4.54. The van der Waals surface area contributed by atoms with Gasteiger partial charge in [0.25, 0.3) is 0 Å². The van der Waals surface area contributed by atoms with Gasteiger partial charge in [0.05, 0.1) is 11.6 Å². The zero-order valence-electron chi connectivity index (χ0n) is 12.7. The van der Waals surface area contributed by atoms with Gasteiger partial charge in [-0.1, -0.05) is 22.5 Å². The van der Waals surface area contributed by atoms with Crippen molar-refractivity contribution >= 4 is 5.91 Å². The van der Waals surface area contributed by atoms with Gasteiger partial charge in [0.2, 0.25) is 17.6 Å². The predicted molar refractivity (Wildman–Crippen MR) is 78.7 cm³/mol. The molecule has 3 rings (SSSR count). The van der Waals surface area contributed by atoms with Gasteiger partial charge >= 0.3 is 0 Å². The number of halogens is 1. The van der Waals surface area contributed by atoms with Crippen LogP contribution in [-0.4, -0.2) is 36.7 Å². The van der Waals surface area contributed by atoms with E-state index in [1.54, 1.807) is 25.1 Å². The first-order chi connectivity index (χ1) is 11.6. The Hall–Kier alpha value is -3.17. The van der Waals surface area contributed by atoms with Gasteiger partial charge < -0.3 is 9.84 Å². The molecule has 0 fully saturated rings. The third-order valence-electron chi connectivity index (χ3n) is 3.28. The molecule has 124 valence electrons. The fourth-order valence-electron chi connectivity index (χ4n) is 2.06. The van der Waals surface area contributed by atoms with Crippen molar-refractivity contribution in [3.8, 4) is 11.4 Å². The molecule has 1 aromatic carbocycles. The predicted octanol–water partition coefficient (Wildman–Crippen LogP) is 1.20. The normalized spacial score (nSPS) is 12.1. The van der Waals surface area contributed by atoms with E-state index in [2.05, 4.69) is 36.1 Å². The number of tetrazole rings is 1. The standard InChI is InChI=1S/C14H14FN7O2/c1-8(13-18-21-22-19-13)16-11(23)6-7-12-17-14(20-24-12)9-4-2-3-5-10(9)15/h2-5,8H,6-7H2,1H3,(H,16,23)(H,18,19,21,22). The summed E-state index contributed by atoms with van der Waals surface area (Å²) in [6.45, 7) is 1.74. The summed E-state index contributed by atoms with van der Waals surface area (Å²) in [7, 11) is 0. The molecule has 0 spiro atoms. The summed E-state index contributed by atoms with van der Waals surface area (Å²) in [4.78, 5) is 16.0. The summed E-state index contributed by atoms with van der Waals surface area (Å²) in [5, 5.41) is 19.8. The molecule has 0 bridgehead atoms. The van der Waals surface area contributed by atoms with Crippen molar-refractivity contribution in [2.24, 2.45) is 0 Å². The highest BCUT2D eigenvalue weighted by Gasteiger charge is 2.16. The second-order valence-electron chi connectivity index (χ2n) is 5.05. The van der Waals surface area contributed by atoms with E-state index in [0.29, 0.717) is 5.82 Å². The molecule has 2 aromatic heterocycles. The van der Waals surface area contributed by atoms with Crippen LogP contribution >= 0.6 is 0 Å². The number of rotatable bonds is 6. The monoisotopic (exact) mass is 331 g/mol. The maximum atomic E-state index is 13.7. The summed E-state index contributed by atoms with van der Waals surface area (Å²) in [5.41, 5.74) is 0.252. The number of hydrogen-bond donors (Lipinski definition) is 2. The molecule has 3 aromatic rings. The molecule has 0 aliphatic carbocycles. The van der Waals surface area contributed by atoms with Crippen LogP contribution in [-0.2, 0) is 11.2 Å². The van der Waals surface area contributed by atoms with Gasteiger partial charge in [0.1, 0.15) is 5.82 Å². The first-order valence-electron chi connectivity index (χ1n) is 7.23. The van der Waals surface area contributed by atoms with Crippen LogP contribution in [0.4, 0.5) is 4.39 Å². The number of amides is 1. The minimum absolute atomic E-state index is 0.140. The van der Waals surface area contributed by atoms with Crippen LogP contribution in [0, 0.1) is 5.82 Å². The Morgan fingerprint density at radius 1 is 1.42 bits per heavy atom. The van der Waals surface area contributed by atoms with Gasteiger partial charge in [-0.3, -0.25) is 4.79 Å². The van der Waals surface area contributed by atoms with Crippen LogP contribution in [0.3, 0.4) is 0 Å². The van der Waals surface area contributed by atoms with Crippen LogP contribution in [0.15, 0.2) is 28.8 Å². The molecule has 0 radical (unpaired) electrons. The molecule has 2 heterocycles. The third kappa shape index (κ3) is 3.59. The summed E-state index contributed by atoms with van der Waals surface area (Å²) in [6.07, 6.45) is 0.382. The summed E-state index contributed by atoms with van der Waals surface area (Å²) < 4.78 is 18.7. The number of carbonyl (C=O) groups excluding carboxylic acids is 1. The van der Waals surface area contributed by atoms with Crippen molar-refractivity contribution < 1.29 is 13.7 Å². The molecular weight excluding hydrogens is 317 g/mol. The van der Waals surface area contributed by atoms with E-state index in [1.807, 2.05) is 0 Å². The van der Waals surface area contributed by atoms with Crippen molar-refractivity contribution in [3.05, 3.63) is 41.8 Å². The molecule has 9 nitrogen and oxygen atoms in total. The van der Waals surface area contributed by atoms with Gasteiger partial charge in [-0.05, 0) is 19.1 Å². The highest BCUT2D eigenvalue weighted by atomic mass is 19.1. The highest BCUT2D eigenvalue weighted by molar-refractivity contribution is 5.76. The Labute approximate surface area is 135 Å². The maximum Gasteiger partial charge on any atom is 0.227 e. The summed E-state index contributed by atoms with van der Waals surface area (Å²) in [5.74, 6) is 0.150. The Morgan fingerprint density at radius 2 is 2.25 bits per heavy atom. The van der Waals surface area contributed by atoms with Gasteiger partial charge in [0.15, 0.2) is 5.82 Å². The first-order valence-corrected chi connectivity index (χ1v) is 7.23. The van der Waals surface area contributed by atoms with Crippen LogP contribution in [0.25, 0.3) is 11.4 Å². The number of nitrogens with zero attached hydrogens (tertiary/aromatic N) is 5. The van der Waals surface area contributed by atoms with Crippen molar-refractivity contribution in [2.45, 2.75) is 25.8 Å². The molecular formula is C14H14FN7O2. The quantitative estimate of drug-likeness (QED) is 0.695. The SMILES string of the molecule is CC(NC(=O)CCc1nc(-c2ccccc2F)no1)c1nn[nH]n1. The van der Waals surface area contributed by atoms with Crippen molar-refractivity contribution in [1.82, 2.24) is 36.1 Å². The van der Waals surface area contributed by atoms with E-state index in [0.717, 1.165) is 0 Å². The largest absolute Gasteiger partial charge is 0.346 e. The van der Waals surface area contributed by atoms with Crippen molar-refractivity contribution in [2.75, 3.05) is 0 Å². The lowest BCUT2D eigenvalue weighted by Gasteiger charge is -2.08. The molecule has 0 saturated heterocycles. The third-order valence-corrected chi connectivity index (χ3v) is 3.28. The van der Waals surface area contributed by atoms with Crippen LogP contribution in [0.5, 0.6) is 0 Å². The average Bonchev–Trinajstić information content (AvgIpc) is 3.25. The zero-order chi connectivity index (χ0) is 16.9. The van der Waals surface area contributed by atoms with Crippen LogP contribution in [0.2, 0.25) is 0 Å². The lowest BCUT2D eigenvalue weighted by atomic mass is 10.2. The van der Waals surface area contributed by atoms with E-state index in [-0.39, 0.29) is 42.1 Å². The maximum absolute atomic E-state index is 13.7. The number of aromatic nitrogens is 6. The van der Waals surface area contributed by atoms with E-state index in [9.17, 15) is 9.18 Å². The van der Waals surface area contributed by atoms with Crippen molar-refractivity contribution in [3.63, 3.8) is 0 Å². The number of nitrogens with one attached hydrogen (secondary N) is 2. The number of hydrogen-bond acceptors (Lipinski definition) is 7. The molecule has 2 N–H and O–H groups in total. The van der Waals surface area contributed by atoms with Crippen molar-refractivity contribution in [1.29, 1.82) is 0 Å². The average molecular weight is 331 g/mol. The minimum atomic E-state index is -0.434. The number of aromatic amines is 1. The van der Waals surface area contributed by atoms with E-state index in [4.69, 9.17) is 4.52 Å². The lowest BCUT2D eigenvalue weighted by molar-refractivity contribution is -0.121. The summed E-state index contributed by atoms with van der Waals surface area (Å²) >= 11 is 0. The number of carbonyl (C=O) groups is 1. The first kappa shape index (κ1) is 15.7. The number of benzene rings is 1. The zero-order valence-corrected chi connectivity index (χ0v) is 12.7. The second kappa shape index (κ2) is 6.94. The lowest BCUT2D eigenvalue weighted by Crippen LogP contribution is -2.27. The molecule has 0 aliphatic rings. The fourth-order valence-corrected chi connectivity index (χ4v) is 2.06. The van der Waals surface area contributed by atoms with Gasteiger partial charge in [-0.25, -0.2) is 4.39 Å². The highest BCUT2D eigenvalue weighted by Crippen LogP contribution is 2.19. The molecule has 1 atom stereocenters. The second-order valence-corrected chi connectivity index (χ2v) is 5.05. The van der Waals surface area contributed by atoms with E-state index < -0.39 is 5.82 Å². The smallest absolute Gasteiger partial charge is 0.227 e. The minimum Gasteiger partial charge on any atom is -0.346 e. The molecule has 10 heteroatoms.